The molecule has 0 saturated carbocycles. The molecule has 2 saturated heterocycles. The quantitative estimate of drug-likeness (QED) is 0.754. The normalized spacial score (nSPS) is 25.7. The van der Waals surface area contributed by atoms with E-state index in [1.807, 2.05) is 13.8 Å². The standard InChI is InChI=1S/C15H27N3O5S/c1-3-13(14(19)17-5-8-23-9-6-17)16-15(20)18-7-11-24(21,22)10-4-12(18)2/h12-13H,3-11H2,1-2H3,(H,16,20). The number of carbonyl (C=O) groups is 2. The van der Waals surface area contributed by atoms with Crippen LogP contribution in [0, 0.1) is 0 Å². The Kier molecular flexibility index (Phi) is 6.45. The Hall–Kier alpha value is -1.35. The summed E-state index contributed by atoms with van der Waals surface area (Å²) in [6.45, 7) is 5.93. The van der Waals surface area contributed by atoms with Crippen LogP contribution < -0.4 is 5.32 Å². The van der Waals surface area contributed by atoms with Gasteiger partial charge in [-0.15, -0.1) is 0 Å². The third-order valence-corrected chi connectivity index (χ3v) is 6.27. The van der Waals surface area contributed by atoms with Gasteiger partial charge in [0.15, 0.2) is 9.84 Å². The molecule has 2 heterocycles. The van der Waals surface area contributed by atoms with Crippen molar-refractivity contribution in [1.82, 2.24) is 15.1 Å². The first-order valence-corrected chi connectivity index (χ1v) is 10.3. The highest BCUT2D eigenvalue weighted by Crippen LogP contribution is 2.13. The summed E-state index contributed by atoms with van der Waals surface area (Å²) >= 11 is 0. The summed E-state index contributed by atoms with van der Waals surface area (Å²) in [7, 11) is -3.10. The van der Waals surface area contributed by atoms with E-state index in [-0.39, 0.29) is 36.0 Å². The molecule has 0 spiro atoms. The molecule has 24 heavy (non-hydrogen) atoms. The maximum atomic E-state index is 12.6. The molecule has 0 aromatic heterocycles. The van der Waals surface area contributed by atoms with Gasteiger partial charge in [-0.05, 0) is 19.8 Å². The lowest BCUT2D eigenvalue weighted by Gasteiger charge is -2.32. The SMILES string of the molecule is CCC(NC(=O)N1CCS(=O)(=O)CCC1C)C(=O)N1CCOCC1. The van der Waals surface area contributed by atoms with E-state index in [1.54, 1.807) is 4.90 Å². The van der Waals surface area contributed by atoms with Crippen LogP contribution in [0.1, 0.15) is 26.7 Å². The zero-order valence-corrected chi connectivity index (χ0v) is 15.2. The molecular formula is C15H27N3O5S. The van der Waals surface area contributed by atoms with E-state index in [1.165, 1.54) is 4.90 Å². The van der Waals surface area contributed by atoms with Crippen LogP contribution in [0.15, 0.2) is 0 Å². The van der Waals surface area contributed by atoms with E-state index in [0.717, 1.165) is 0 Å². The molecule has 1 N–H and O–H groups in total. The number of morpholine rings is 1. The Morgan fingerprint density at radius 1 is 1.21 bits per heavy atom. The zero-order chi connectivity index (χ0) is 17.7. The highest BCUT2D eigenvalue weighted by atomic mass is 32.2. The van der Waals surface area contributed by atoms with Crippen molar-refractivity contribution in [2.75, 3.05) is 44.4 Å². The van der Waals surface area contributed by atoms with Gasteiger partial charge < -0.3 is 19.9 Å². The molecular weight excluding hydrogens is 334 g/mol. The molecule has 8 nitrogen and oxygen atoms in total. The van der Waals surface area contributed by atoms with Crippen LogP contribution >= 0.6 is 0 Å². The predicted molar refractivity (Wildman–Crippen MR) is 89.4 cm³/mol. The zero-order valence-electron chi connectivity index (χ0n) is 14.4. The molecule has 0 aromatic rings. The van der Waals surface area contributed by atoms with Gasteiger partial charge in [0, 0.05) is 25.7 Å². The van der Waals surface area contributed by atoms with Crippen LogP contribution in [0.25, 0.3) is 0 Å². The van der Waals surface area contributed by atoms with E-state index in [0.29, 0.717) is 39.1 Å². The molecule has 0 aromatic carbocycles. The lowest BCUT2D eigenvalue weighted by Crippen LogP contribution is -2.55. The van der Waals surface area contributed by atoms with E-state index in [9.17, 15) is 18.0 Å². The summed E-state index contributed by atoms with van der Waals surface area (Å²) in [5.41, 5.74) is 0. The van der Waals surface area contributed by atoms with Gasteiger partial charge >= 0.3 is 6.03 Å². The second-order valence-corrected chi connectivity index (χ2v) is 8.63. The summed E-state index contributed by atoms with van der Waals surface area (Å²) in [5.74, 6) is -0.0369. The molecule has 9 heteroatoms. The van der Waals surface area contributed by atoms with Crippen molar-refractivity contribution in [2.24, 2.45) is 0 Å². The van der Waals surface area contributed by atoms with Crippen LogP contribution in [0.4, 0.5) is 4.79 Å². The molecule has 2 rings (SSSR count). The maximum absolute atomic E-state index is 12.6. The fourth-order valence-electron chi connectivity index (χ4n) is 2.94. The first-order valence-electron chi connectivity index (χ1n) is 8.48. The monoisotopic (exact) mass is 361 g/mol. The van der Waals surface area contributed by atoms with E-state index in [4.69, 9.17) is 4.74 Å². The highest BCUT2D eigenvalue weighted by Gasteiger charge is 2.31. The number of sulfone groups is 1. The average molecular weight is 361 g/mol. The van der Waals surface area contributed by atoms with Crippen molar-refractivity contribution in [1.29, 1.82) is 0 Å². The molecule has 0 radical (unpaired) electrons. The molecule has 2 unspecified atom stereocenters. The summed E-state index contributed by atoms with van der Waals surface area (Å²) in [6.07, 6.45) is 0.909. The Morgan fingerprint density at radius 3 is 2.50 bits per heavy atom. The first kappa shape index (κ1) is 19.0. The van der Waals surface area contributed by atoms with Gasteiger partial charge in [-0.1, -0.05) is 6.92 Å². The number of ether oxygens (including phenoxy) is 1. The molecule has 2 aliphatic heterocycles. The maximum Gasteiger partial charge on any atom is 0.318 e. The minimum absolute atomic E-state index is 0.0288. The smallest absolute Gasteiger partial charge is 0.318 e. The lowest BCUT2D eigenvalue weighted by atomic mass is 10.2. The van der Waals surface area contributed by atoms with E-state index >= 15 is 0 Å². The van der Waals surface area contributed by atoms with Gasteiger partial charge in [0.25, 0.3) is 0 Å². The van der Waals surface area contributed by atoms with Crippen molar-refractivity contribution in [2.45, 2.75) is 38.8 Å². The van der Waals surface area contributed by atoms with Gasteiger partial charge in [-0.3, -0.25) is 4.79 Å². The number of amides is 3. The lowest BCUT2D eigenvalue weighted by molar-refractivity contribution is -0.137. The molecule has 2 fully saturated rings. The second kappa shape index (κ2) is 8.15. The highest BCUT2D eigenvalue weighted by molar-refractivity contribution is 7.91. The third kappa shape index (κ3) is 4.83. The van der Waals surface area contributed by atoms with E-state index < -0.39 is 15.9 Å². The number of urea groups is 1. The van der Waals surface area contributed by atoms with Crippen molar-refractivity contribution in [3.05, 3.63) is 0 Å². The Labute approximate surface area is 143 Å². The Morgan fingerprint density at radius 2 is 1.88 bits per heavy atom. The largest absolute Gasteiger partial charge is 0.378 e. The fraction of sp³-hybridized carbons (Fsp3) is 0.867. The third-order valence-electron chi connectivity index (χ3n) is 4.61. The van der Waals surface area contributed by atoms with Crippen LogP contribution in [-0.2, 0) is 19.4 Å². The summed E-state index contributed by atoms with van der Waals surface area (Å²) in [5, 5.41) is 2.78. The summed E-state index contributed by atoms with van der Waals surface area (Å²) in [6, 6.07) is -1.13. The number of rotatable bonds is 3. The van der Waals surface area contributed by atoms with Crippen LogP contribution in [0.5, 0.6) is 0 Å². The molecule has 0 bridgehead atoms. The Balaban J connectivity index is 1.98. The van der Waals surface area contributed by atoms with Crippen molar-refractivity contribution < 1.29 is 22.7 Å². The number of hydrogen-bond acceptors (Lipinski definition) is 5. The number of hydrogen-bond donors (Lipinski definition) is 1. The average Bonchev–Trinajstić information content (AvgIpc) is 2.71. The van der Waals surface area contributed by atoms with Gasteiger partial charge in [0.1, 0.15) is 6.04 Å². The second-order valence-electron chi connectivity index (χ2n) is 6.33. The van der Waals surface area contributed by atoms with Crippen molar-refractivity contribution >= 4 is 21.8 Å². The minimum Gasteiger partial charge on any atom is -0.378 e. The first-order chi connectivity index (χ1) is 11.3. The number of nitrogens with zero attached hydrogens (tertiary/aromatic N) is 2. The van der Waals surface area contributed by atoms with Crippen LogP contribution in [-0.4, -0.2) is 86.6 Å². The molecule has 138 valence electrons. The number of nitrogens with one attached hydrogen (secondary N) is 1. The number of carbonyl (C=O) groups excluding carboxylic acids is 2. The minimum atomic E-state index is -3.10. The Bertz CT molecular complexity index is 559. The molecule has 0 aliphatic carbocycles. The molecule has 3 amide bonds. The van der Waals surface area contributed by atoms with E-state index in [2.05, 4.69) is 5.32 Å². The van der Waals surface area contributed by atoms with Gasteiger partial charge in [0.2, 0.25) is 5.91 Å². The molecule has 2 aliphatic rings. The summed E-state index contributed by atoms with van der Waals surface area (Å²) < 4.78 is 28.7. The molecule has 2 atom stereocenters. The van der Waals surface area contributed by atoms with Crippen molar-refractivity contribution in [3.8, 4) is 0 Å². The fourth-order valence-corrected chi connectivity index (χ4v) is 4.32. The predicted octanol–water partition coefficient (Wildman–Crippen LogP) is -0.158. The van der Waals surface area contributed by atoms with Crippen LogP contribution in [0.2, 0.25) is 0 Å². The summed E-state index contributed by atoms with van der Waals surface area (Å²) in [4.78, 5) is 28.3. The van der Waals surface area contributed by atoms with Gasteiger partial charge in [-0.25, -0.2) is 13.2 Å². The van der Waals surface area contributed by atoms with Crippen LogP contribution in [0.3, 0.4) is 0 Å². The van der Waals surface area contributed by atoms with Gasteiger partial charge in [-0.2, -0.15) is 0 Å². The van der Waals surface area contributed by atoms with Crippen molar-refractivity contribution in [3.63, 3.8) is 0 Å². The van der Waals surface area contributed by atoms with Gasteiger partial charge in [0.05, 0.1) is 24.7 Å². The topological polar surface area (TPSA) is 96.0 Å².